The summed E-state index contributed by atoms with van der Waals surface area (Å²) in [6.45, 7) is 4.55. The summed E-state index contributed by atoms with van der Waals surface area (Å²) in [5, 5.41) is 12.3. The van der Waals surface area contributed by atoms with Crippen molar-refractivity contribution in [2.75, 3.05) is 38.3 Å². The van der Waals surface area contributed by atoms with E-state index in [1.54, 1.807) is 25.3 Å². The van der Waals surface area contributed by atoms with Gasteiger partial charge >= 0.3 is 5.97 Å². The molecular weight excluding hydrogens is 426 g/mol. The van der Waals surface area contributed by atoms with Crippen molar-refractivity contribution in [1.82, 2.24) is 10.3 Å². The lowest BCUT2D eigenvalue weighted by Crippen LogP contribution is -2.43. The van der Waals surface area contributed by atoms with Crippen molar-refractivity contribution in [1.29, 1.82) is 0 Å². The molecule has 1 aliphatic rings. The van der Waals surface area contributed by atoms with Crippen LogP contribution in [0.1, 0.15) is 25.3 Å². The molecule has 0 unspecified atom stereocenters. The second kappa shape index (κ2) is 10.4. The van der Waals surface area contributed by atoms with Gasteiger partial charge in [0.2, 0.25) is 0 Å². The average molecular weight is 456 g/mol. The normalized spacial score (nSPS) is 14.2. The predicted octanol–water partition coefficient (Wildman–Crippen LogP) is 3.46. The van der Waals surface area contributed by atoms with Gasteiger partial charge in [-0.05, 0) is 62.7 Å². The number of carboxylic acids is 1. The summed E-state index contributed by atoms with van der Waals surface area (Å²) >= 11 is 0. The van der Waals surface area contributed by atoms with Crippen molar-refractivity contribution in [2.24, 2.45) is 0 Å². The second-order valence-electron chi connectivity index (χ2n) is 7.84. The highest BCUT2D eigenvalue weighted by Gasteiger charge is 2.26. The molecule has 3 aromatic rings. The average Bonchev–Trinajstić information content (AvgIpc) is 3.25. The van der Waals surface area contributed by atoms with Crippen molar-refractivity contribution in [3.05, 3.63) is 42.0 Å². The molecule has 1 saturated heterocycles. The minimum atomic E-state index is -1.03. The van der Waals surface area contributed by atoms with Crippen molar-refractivity contribution in [2.45, 2.75) is 32.4 Å². The molecular formula is C24H29N3O6. The van der Waals surface area contributed by atoms with Crippen molar-refractivity contribution in [3.63, 3.8) is 0 Å². The summed E-state index contributed by atoms with van der Waals surface area (Å²) in [5.41, 5.74) is 2.30. The molecule has 4 rings (SSSR count). The monoisotopic (exact) mass is 455 g/mol. The van der Waals surface area contributed by atoms with Crippen LogP contribution >= 0.6 is 0 Å². The topological polar surface area (TPSA) is 106 Å². The lowest BCUT2D eigenvalue weighted by Gasteiger charge is -2.33. The number of carbonyl (C=O) groups is 1. The second-order valence-corrected chi connectivity index (χ2v) is 7.84. The molecule has 0 spiro atoms. The molecule has 0 atom stereocenters. The highest BCUT2D eigenvalue weighted by atomic mass is 16.5. The number of piperidine rings is 1. The third-order valence-electron chi connectivity index (χ3n) is 5.59. The largest absolute Gasteiger partial charge is 0.493 e. The fourth-order valence-corrected chi connectivity index (χ4v) is 4.01. The first kappa shape index (κ1) is 22.7. The molecule has 2 heterocycles. The van der Waals surface area contributed by atoms with Gasteiger partial charge in [0.1, 0.15) is 11.3 Å². The summed E-state index contributed by atoms with van der Waals surface area (Å²) in [6, 6.07) is 11.9. The Morgan fingerprint density at radius 3 is 2.73 bits per heavy atom. The number of rotatable bonds is 10. The molecule has 1 aromatic heterocycles. The highest BCUT2D eigenvalue weighted by molar-refractivity contribution is 5.76. The molecule has 1 aliphatic heterocycles. The maximum absolute atomic E-state index is 10.8. The van der Waals surface area contributed by atoms with E-state index in [-0.39, 0.29) is 6.04 Å². The van der Waals surface area contributed by atoms with Gasteiger partial charge in [-0.2, -0.15) is 4.98 Å². The number of benzene rings is 2. The molecule has 0 bridgehead atoms. The summed E-state index contributed by atoms with van der Waals surface area (Å²) in [6.07, 6.45) is 1.94. The van der Waals surface area contributed by atoms with Crippen LogP contribution < -0.4 is 24.4 Å². The lowest BCUT2D eigenvalue weighted by atomic mass is 10.0. The fraction of sp³-hybridized carbons (Fsp3) is 0.417. The fourth-order valence-electron chi connectivity index (χ4n) is 4.01. The molecule has 0 radical (unpaired) electrons. The Kier molecular flexibility index (Phi) is 7.19. The zero-order valence-corrected chi connectivity index (χ0v) is 18.9. The molecule has 2 N–H and O–H groups in total. The molecule has 2 aromatic carbocycles. The molecule has 0 aliphatic carbocycles. The van der Waals surface area contributed by atoms with E-state index in [1.807, 2.05) is 25.1 Å². The van der Waals surface area contributed by atoms with Gasteiger partial charge in [0.05, 0.1) is 13.7 Å². The van der Waals surface area contributed by atoms with Crippen LogP contribution in [0.25, 0.3) is 11.1 Å². The Labute approximate surface area is 192 Å². The number of fused-ring (bicyclic) bond motifs is 1. The Morgan fingerprint density at radius 2 is 2.00 bits per heavy atom. The lowest BCUT2D eigenvalue weighted by molar-refractivity contribution is -0.139. The molecule has 1 fully saturated rings. The molecule has 9 heteroatoms. The van der Waals surface area contributed by atoms with E-state index >= 15 is 0 Å². The van der Waals surface area contributed by atoms with Gasteiger partial charge in [0, 0.05) is 18.7 Å². The minimum Gasteiger partial charge on any atom is -0.493 e. The van der Waals surface area contributed by atoms with E-state index in [0.29, 0.717) is 47.5 Å². The van der Waals surface area contributed by atoms with E-state index < -0.39 is 12.6 Å². The van der Waals surface area contributed by atoms with Gasteiger partial charge < -0.3 is 34.0 Å². The number of aliphatic carboxylic acids is 1. The SMILES string of the molecule is CCOc1cc(CN(c2nc3cc(OCC(=O)O)ccc3o2)C2CCNCC2)ccc1OC. The van der Waals surface area contributed by atoms with Crippen LogP contribution in [0.2, 0.25) is 0 Å². The predicted molar refractivity (Wildman–Crippen MR) is 123 cm³/mol. The number of ether oxygens (including phenoxy) is 3. The number of aromatic nitrogens is 1. The summed E-state index contributed by atoms with van der Waals surface area (Å²) in [5.74, 6) is 0.818. The van der Waals surface area contributed by atoms with E-state index in [2.05, 4.69) is 10.2 Å². The van der Waals surface area contributed by atoms with E-state index in [9.17, 15) is 4.79 Å². The Balaban J connectivity index is 1.64. The number of nitrogens with one attached hydrogen (secondary N) is 1. The first-order valence-corrected chi connectivity index (χ1v) is 11.1. The summed E-state index contributed by atoms with van der Waals surface area (Å²) < 4.78 is 22.6. The number of hydrogen-bond acceptors (Lipinski definition) is 8. The van der Waals surface area contributed by atoms with Crippen molar-refractivity contribution < 1.29 is 28.5 Å². The molecule has 9 nitrogen and oxygen atoms in total. The van der Waals surface area contributed by atoms with E-state index in [0.717, 1.165) is 31.5 Å². The third-order valence-corrected chi connectivity index (χ3v) is 5.59. The Hall–Kier alpha value is -3.46. The maximum atomic E-state index is 10.8. The number of oxazole rings is 1. The van der Waals surface area contributed by atoms with Crippen LogP contribution in [0.4, 0.5) is 6.01 Å². The Bertz CT molecular complexity index is 1090. The molecule has 176 valence electrons. The van der Waals surface area contributed by atoms with Crippen LogP contribution in [-0.4, -0.2) is 55.5 Å². The first-order chi connectivity index (χ1) is 16.1. The smallest absolute Gasteiger partial charge is 0.341 e. The molecule has 0 amide bonds. The summed E-state index contributed by atoms with van der Waals surface area (Å²) in [7, 11) is 1.63. The number of anilines is 1. The quantitative estimate of drug-likeness (QED) is 0.475. The van der Waals surface area contributed by atoms with Crippen LogP contribution in [-0.2, 0) is 11.3 Å². The maximum Gasteiger partial charge on any atom is 0.341 e. The van der Waals surface area contributed by atoms with Gasteiger partial charge in [-0.15, -0.1) is 0 Å². The Morgan fingerprint density at radius 1 is 1.18 bits per heavy atom. The standard InChI is InChI=1S/C24H29N3O6/c1-3-31-22-12-16(4-6-21(22)30-2)14-27(17-8-10-25-11-9-17)24-26-19-13-18(32-15-23(28)29)5-7-20(19)33-24/h4-7,12-13,17,25H,3,8-11,14-15H2,1-2H3,(H,28,29). The van der Waals surface area contributed by atoms with E-state index in [4.69, 9.17) is 28.7 Å². The third kappa shape index (κ3) is 5.48. The van der Waals surface area contributed by atoms with Gasteiger partial charge in [-0.3, -0.25) is 0 Å². The number of methoxy groups -OCH3 is 1. The highest BCUT2D eigenvalue weighted by Crippen LogP contribution is 2.32. The number of nitrogens with zero attached hydrogens (tertiary/aromatic N) is 2. The number of hydrogen-bond donors (Lipinski definition) is 2. The first-order valence-electron chi connectivity index (χ1n) is 11.1. The van der Waals surface area contributed by atoms with Gasteiger partial charge in [0.25, 0.3) is 6.01 Å². The van der Waals surface area contributed by atoms with Gasteiger partial charge in [0.15, 0.2) is 23.7 Å². The van der Waals surface area contributed by atoms with Crippen LogP contribution in [0.15, 0.2) is 40.8 Å². The van der Waals surface area contributed by atoms with E-state index in [1.165, 1.54) is 0 Å². The van der Waals surface area contributed by atoms with Gasteiger partial charge in [-0.1, -0.05) is 6.07 Å². The van der Waals surface area contributed by atoms with Crippen LogP contribution in [0.3, 0.4) is 0 Å². The number of carboxylic acid groups (broad SMARTS) is 1. The zero-order valence-electron chi connectivity index (χ0n) is 18.9. The molecule has 0 saturated carbocycles. The van der Waals surface area contributed by atoms with Crippen LogP contribution in [0, 0.1) is 0 Å². The van der Waals surface area contributed by atoms with Crippen molar-refractivity contribution >= 4 is 23.1 Å². The summed E-state index contributed by atoms with van der Waals surface area (Å²) in [4.78, 5) is 17.7. The molecule has 33 heavy (non-hydrogen) atoms. The van der Waals surface area contributed by atoms with Crippen molar-refractivity contribution in [3.8, 4) is 17.2 Å². The van der Waals surface area contributed by atoms with Crippen LogP contribution in [0.5, 0.6) is 17.2 Å². The zero-order chi connectivity index (χ0) is 23.2. The van der Waals surface area contributed by atoms with Gasteiger partial charge in [-0.25, -0.2) is 4.79 Å². The minimum absolute atomic E-state index is 0.264.